The third-order valence-electron chi connectivity index (χ3n) is 3.47. The predicted molar refractivity (Wildman–Crippen MR) is 93.9 cm³/mol. The average Bonchev–Trinajstić information content (AvgIpc) is 3.01. The summed E-state index contributed by atoms with van der Waals surface area (Å²) in [4.78, 5) is 24.2. The molecule has 1 N–H and O–H groups in total. The number of ether oxygens (including phenoxy) is 1. The summed E-state index contributed by atoms with van der Waals surface area (Å²) in [5, 5.41) is 4.72. The molecule has 0 aliphatic rings. The molecule has 0 spiro atoms. The minimum absolute atomic E-state index is 0.0340. The molecule has 0 fully saturated rings. The van der Waals surface area contributed by atoms with Gasteiger partial charge in [0.25, 0.3) is 5.91 Å². The number of esters is 1. The molecule has 6 heteroatoms. The molecular weight excluding hydrogens is 374 g/mol. The number of hydrogen-bond donors (Lipinski definition) is 1. The van der Waals surface area contributed by atoms with Gasteiger partial charge in [0, 0.05) is 11.1 Å². The van der Waals surface area contributed by atoms with Crippen LogP contribution < -0.4 is 5.32 Å². The molecule has 1 amide bonds. The number of amides is 1. The Morgan fingerprint density at radius 1 is 1.08 bits per heavy atom. The number of nitrogens with one attached hydrogen (secondary N) is 1. The molecule has 0 aliphatic heterocycles. The van der Waals surface area contributed by atoms with Crippen molar-refractivity contribution in [3.63, 3.8) is 0 Å². The maximum atomic E-state index is 12.3. The summed E-state index contributed by atoms with van der Waals surface area (Å²) in [6.07, 6.45) is -0.958. The summed E-state index contributed by atoms with van der Waals surface area (Å²) in [5.41, 5.74) is 0.668. The van der Waals surface area contributed by atoms with E-state index in [0.717, 1.165) is 10.8 Å². The summed E-state index contributed by atoms with van der Waals surface area (Å²) >= 11 is 3.11. The molecule has 5 nitrogen and oxygen atoms in total. The van der Waals surface area contributed by atoms with Crippen molar-refractivity contribution in [3.8, 4) is 0 Å². The largest absolute Gasteiger partial charge is 0.447 e. The van der Waals surface area contributed by atoms with Crippen LogP contribution in [0.1, 0.15) is 17.5 Å². The van der Waals surface area contributed by atoms with Gasteiger partial charge in [-0.1, -0.05) is 36.4 Å². The Morgan fingerprint density at radius 2 is 1.83 bits per heavy atom. The molecule has 0 aliphatic carbocycles. The highest BCUT2D eigenvalue weighted by Crippen LogP contribution is 2.23. The molecule has 2 aromatic carbocycles. The highest BCUT2D eigenvalue weighted by molar-refractivity contribution is 9.10. The van der Waals surface area contributed by atoms with Crippen LogP contribution in [-0.4, -0.2) is 18.0 Å². The van der Waals surface area contributed by atoms with Gasteiger partial charge in [0.2, 0.25) is 5.76 Å². The van der Waals surface area contributed by atoms with E-state index in [1.807, 2.05) is 36.4 Å². The third kappa shape index (κ3) is 3.49. The Morgan fingerprint density at radius 3 is 2.58 bits per heavy atom. The van der Waals surface area contributed by atoms with Gasteiger partial charge < -0.3 is 14.5 Å². The first-order valence-corrected chi connectivity index (χ1v) is 8.09. The zero-order chi connectivity index (χ0) is 17.1. The topological polar surface area (TPSA) is 68.5 Å². The molecule has 24 heavy (non-hydrogen) atoms. The van der Waals surface area contributed by atoms with Crippen LogP contribution in [-0.2, 0) is 9.53 Å². The van der Waals surface area contributed by atoms with Crippen molar-refractivity contribution in [2.24, 2.45) is 0 Å². The zero-order valence-electron chi connectivity index (χ0n) is 12.8. The molecule has 1 aromatic heterocycles. The second-order valence-corrected chi connectivity index (χ2v) is 5.95. The van der Waals surface area contributed by atoms with Crippen LogP contribution in [0.25, 0.3) is 10.8 Å². The van der Waals surface area contributed by atoms with Crippen LogP contribution in [0.5, 0.6) is 0 Å². The fraction of sp³-hybridized carbons (Fsp3) is 0.111. The summed E-state index contributed by atoms with van der Waals surface area (Å²) in [6, 6.07) is 16.4. The number of hydrogen-bond acceptors (Lipinski definition) is 4. The second-order valence-electron chi connectivity index (χ2n) is 5.17. The van der Waals surface area contributed by atoms with Crippen molar-refractivity contribution in [1.82, 2.24) is 0 Å². The van der Waals surface area contributed by atoms with Gasteiger partial charge in [0.05, 0.1) is 0 Å². The van der Waals surface area contributed by atoms with E-state index in [2.05, 4.69) is 21.2 Å². The van der Waals surface area contributed by atoms with Gasteiger partial charge >= 0.3 is 5.97 Å². The van der Waals surface area contributed by atoms with Crippen LogP contribution in [0, 0.1) is 0 Å². The molecule has 3 rings (SSSR count). The summed E-state index contributed by atoms with van der Waals surface area (Å²) in [5.74, 6) is -1.07. The molecule has 0 unspecified atom stereocenters. The van der Waals surface area contributed by atoms with Crippen LogP contribution in [0.2, 0.25) is 0 Å². The normalized spacial score (nSPS) is 11.9. The van der Waals surface area contributed by atoms with Gasteiger partial charge in [0.1, 0.15) is 0 Å². The molecule has 122 valence electrons. The number of carbonyl (C=O) groups excluding carboxylic acids is 2. The monoisotopic (exact) mass is 387 g/mol. The summed E-state index contributed by atoms with van der Waals surface area (Å²) < 4.78 is 10.7. The lowest BCUT2D eigenvalue weighted by Crippen LogP contribution is -2.29. The number of rotatable bonds is 4. The van der Waals surface area contributed by atoms with Crippen molar-refractivity contribution >= 4 is 44.3 Å². The van der Waals surface area contributed by atoms with Crippen LogP contribution in [0.3, 0.4) is 0 Å². The number of carbonyl (C=O) groups is 2. The predicted octanol–water partition coefficient (Wildman–Crippen LogP) is 4.38. The van der Waals surface area contributed by atoms with Crippen molar-refractivity contribution in [2.45, 2.75) is 13.0 Å². The first kappa shape index (κ1) is 16.3. The maximum Gasteiger partial charge on any atom is 0.375 e. The SMILES string of the molecule is C[C@H](OC(=O)c1ccc(Br)o1)C(=O)Nc1cccc2ccccc12. The number of furan rings is 1. The molecule has 0 saturated heterocycles. The van der Waals surface area contributed by atoms with E-state index in [0.29, 0.717) is 10.4 Å². The number of fused-ring (bicyclic) bond motifs is 1. The molecule has 3 aromatic rings. The fourth-order valence-corrected chi connectivity index (χ4v) is 2.57. The van der Waals surface area contributed by atoms with Gasteiger partial charge in [-0.3, -0.25) is 4.79 Å². The fourth-order valence-electron chi connectivity index (χ4n) is 2.26. The molecule has 1 heterocycles. The molecular formula is C18H14BrNO4. The first-order valence-electron chi connectivity index (χ1n) is 7.29. The minimum Gasteiger partial charge on any atom is -0.447 e. The quantitative estimate of drug-likeness (QED) is 0.674. The van der Waals surface area contributed by atoms with E-state index in [1.165, 1.54) is 13.0 Å². The van der Waals surface area contributed by atoms with Gasteiger partial charge in [-0.05, 0) is 46.4 Å². The highest BCUT2D eigenvalue weighted by atomic mass is 79.9. The van der Waals surface area contributed by atoms with Crippen LogP contribution >= 0.6 is 15.9 Å². The summed E-state index contributed by atoms with van der Waals surface area (Å²) in [6.45, 7) is 1.51. The lowest BCUT2D eigenvalue weighted by atomic mass is 10.1. The Kier molecular flexibility index (Phi) is 4.66. The Hall–Kier alpha value is -2.60. The lowest BCUT2D eigenvalue weighted by molar-refractivity contribution is -0.123. The average molecular weight is 388 g/mol. The van der Waals surface area contributed by atoms with E-state index in [-0.39, 0.29) is 5.76 Å². The first-order chi connectivity index (χ1) is 11.5. The van der Waals surface area contributed by atoms with Crippen molar-refractivity contribution in [2.75, 3.05) is 5.32 Å². The van der Waals surface area contributed by atoms with E-state index in [4.69, 9.17) is 9.15 Å². The Bertz CT molecular complexity index is 897. The molecule has 0 saturated carbocycles. The van der Waals surface area contributed by atoms with Gasteiger partial charge in [-0.2, -0.15) is 0 Å². The maximum absolute atomic E-state index is 12.3. The van der Waals surface area contributed by atoms with Crippen LogP contribution in [0.4, 0.5) is 5.69 Å². The molecule has 0 bridgehead atoms. The third-order valence-corrected chi connectivity index (χ3v) is 3.90. The van der Waals surface area contributed by atoms with Gasteiger partial charge in [0.15, 0.2) is 10.8 Å². The van der Waals surface area contributed by atoms with Gasteiger partial charge in [-0.15, -0.1) is 0 Å². The number of halogens is 1. The van der Waals surface area contributed by atoms with E-state index in [9.17, 15) is 9.59 Å². The van der Waals surface area contributed by atoms with Crippen molar-refractivity contribution in [3.05, 3.63) is 65.0 Å². The Labute approximate surface area is 146 Å². The number of benzene rings is 2. The lowest BCUT2D eigenvalue weighted by Gasteiger charge is -2.14. The van der Waals surface area contributed by atoms with E-state index >= 15 is 0 Å². The molecule has 1 atom stereocenters. The Balaban J connectivity index is 1.71. The smallest absolute Gasteiger partial charge is 0.375 e. The number of anilines is 1. The van der Waals surface area contributed by atoms with E-state index < -0.39 is 18.0 Å². The van der Waals surface area contributed by atoms with Crippen molar-refractivity contribution < 1.29 is 18.7 Å². The zero-order valence-corrected chi connectivity index (χ0v) is 14.4. The van der Waals surface area contributed by atoms with Gasteiger partial charge in [-0.25, -0.2) is 4.79 Å². The molecule has 0 radical (unpaired) electrons. The standard InChI is InChI=1S/C18H14BrNO4/c1-11(23-18(22)15-9-10-16(19)24-15)17(21)20-14-8-4-6-12-5-2-3-7-13(12)14/h2-11H,1H3,(H,20,21)/t11-/m0/s1. The van der Waals surface area contributed by atoms with E-state index in [1.54, 1.807) is 12.1 Å². The highest BCUT2D eigenvalue weighted by Gasteiger charge is 2.21. The summed E-state index contributed by atoms with van der Waals surface area (Å²) in [7, 11) is 0. The minimum atomic E-state index is -0.958. The second kappa shape index (κ2) is 6.88. The van der Waals surface area contributed by atoms with Crippen molar-refractivity contribution in [1.29, 1.82) is 0 Å². The van der Waals surface area contributed by atoms with Crippen LogP contribution in [0.15, 0.2) is 63.7 Å².